The van der Waals surface area contributed by atoms with E-state index in [9.17, 15) is 9.59 Å². The molecule has 4 rings (SSSR count). The van der Waals surface area contributed by atoms with Gasteiger partial charge >= 0.3 is 5.97 Å². The molecule has 7 heteroatoms. The zero-order valence-electron chi connectivity index (χ0n) is 16.9. The fourth-order valence-electron chi connectivity index (χ4n) is 3.71. The molecule has 0 radical (unpaired) electrons. The number of fused-ring (bicyclic) bond motifs is 1. The molecule has 0 aliphatic carbocycles. The van der Waals surface area contributed by atoms with E-state index in [1.54, 1.807) is 28.6 Å². The van der Waals surface area contributed by atoms with Gasteiger partial charge in [-0.3, -0.25) is 4.79 Å². The van der Waals surface area contributed by atoms with E-state index in [0.29, 0.717) is 30.1 Å². The minimum absolute atomic E-state index is 0.0570. The number of hydrogen-bond donors (Lipinski definition) is 0. The third-order valence-electron chi connectivity index (χ3n) is 5.15. The molecule has 0 spiro atoms. The molecule has 0 fully saturated rings. The van der Waals surface area contributed by atoms with Gasteiger partial charge in [0.15, 0.2) is 5.69 Å². The fourth-order valence-corrected chi connectivity index (χ4v) is 3.84. The first kappa shape index (κ1) is 20.2. The van der Waals surface area contributed by atoms with E-state index < -0.39 is 5.97 Å². The first-order chi connectivity index (χ1) is 14.5. The average Bonchev–Trinajstić information content (AvgIpc) is 3.13. The van der Waals surface area contributed by atoms with Crippen LogP contribution in [0.3, 0.4) is 0 Å². The molecule has 0 bridgehead atoms. The molecular weight excluding hydrogens is 402 g/mol. The van der Waals surface area contributed by atoms with Gasteiger partial charge in [-0.05, 0) is 50.2 Å². The van der Waals surface area contributed by atoms with Crippen LogP contribution in [-0.4, -0.2) is 39.7 Å². The second kappa shape index (κ2) is 8.32. The Balaban J connectivity index is 1.72. The van der Waals surface area contributed by atoms with Crippen molar-refractivity contribution in [1.82, 2.24) is 14.7 Å². The molecule has 1 amide bonds. The first-order valence-electron chi connectivity index (χ1n) is 9.87. The number of carbonyl (C=O) groups is 2. The molecule has 0 unspecified atom stereocenters. The van der Waals surface area contributed by atoms with Gasteiger partial charge in [-0.1, -0.05) is 29.3 Å². The summed E-state index contributed by atoms with van der Waals surface area (Å²) in [5, 5.41) is 5.18. The number of ether oxygens (including phenoxy) is 1. The number of aryl methyl sites for hydroxylation is 1. The van der Waals surface area contributed by atoms with Crippen molar-refractivity contribution in [2.24, 2.45) is 0 Å². The van der Waals surface area contributed by atoms with E-state index in [0.717, 1.165) is 22.5 Å². The van der Waals surface area contributed by atoms with Crippen LogP contribution in [0.5, 0.6) is 0 Å². The Kier molecular flexibility index (Phi) is 5.59. The lowest BCUT2D eigenvalue weighted by molar-refractivity contribution is 0.0513. The summed E-state index contributed by atoms with van der Waals surface area (Å²) in [6, 6.07) is 14.8. The molecule has 3 aromatic rings. The smallest absolute Gasteiger partial charge is 0.359 e. The molecule has 0 N–H and O–H groups in total. The van der Waals surface area contributed by atoms with Crippen molar-refractivity contribution in [3.8, 4) is 5.69 Å². The number of amides is 1. The predicted molar refractivity (Wildman–Crippen MR) is 114 cm³/mol. The van der Waals surface area contributed by atoms with Crippen LogP contribution in [0.4, 0.5) is 0 Å². The van der Waals surface area contributed by atoms with E-state index in [1.165, 1.54) is 0 Å². The van der Waals surface area contributed by atoms with E-state index in [4.69, 9.17) is 16.3 Å². The molecule has 1 aromatic heterocycles. The van der Waals surface area contributed by atoms with Gasteiger partial charge in [-0.2, -0.15) is 5.10 Å². The van der Waals surface area contributed by atoms with Gasteiger partial charge < -0.3 is 9.64 Å². The van der Waals surface area contributed by atoms with Crippen molar-refractivity contribution in [3.05, 3.63) is 81.6 Å². The van der Waals surface area contributed by atoms with Crippen LogP contribution in [0, 0.1) is 6.92 Å². The lowest BCUT2D eigenvalue weighted by Crippen LogP contribution is -2.36. The topological polar surface area (TPSA) is 64.4 Å². The number of nitrogens with zero attached hydrogens (tertiary/aromatic N) is 3. The standard InChI is InChI=1S/C23H22ClN3O3/c1-3-30-23(29)21-19-14-26(22(28)16-6-4-5-15(2)13-16)12-11-20(19)27(25-21)18-9-7-17(24)8-10-18/h4-10,13H,3,11-12,14H2,1-2H3. The number of rotatable bonds is 4. The van der Waals surface area contributed by atoms with E-state index in [-0.39, 0.29) is 18.2 Å². The van der Waals surface area contributed by atoms with Crippen molar-refractivity contribution < 1.29 is 14.3 Å². The van der Waals surface area contributed by atoms with Crippen molar-refractivity contribution in [2.75, 3.05) is 13.2 Å². The summed E-state index contributed by atoms with van der Waals surface area (Å²) in [7, 11) is 0. The van der Waals surface area contributed by atoms with Gasteiger partial charge in [0.1, 0.15) is 0 Å². The van der Waals surface area contributed by atoms with Crippen LogP contribution >= 0.6 is 11.6 Å². The normalized spacial score (nSPS) is 13.1. The minimum atomic E-state index is -0.480. The molecule has 0 saturated carbocycles. The Morgan fingerprint density at radius 1 is 1.17 bits per heavy atom. The van der Waals surface area contributed by atoms with Gasteiger partial charge in [-0.25, -0.2) is 9.48 Å². The van der Waals surface area contributed by atoms with Gasteiger partial charge in [0.25, 0.3) is 5.91 Å². The number of hydrogen-bond acceptors (Lipinski definition) is 4. The van der Waals surface area contributed by atoms with E-state index >= 15 is 0 Å². The Labute approximate surface area is 180 Å². The number of esters is 1. The van der Waals surface area contributed by atoms with Gasteiger partial charge in [0.2, 0.25) is 0 Å². The number of benzene rings is 2. The molecule has 0 saturated heterocycles. The Morgan fingerprint density at radius 2 is 1.93 bits per heavy atom. The molecule has 2 aromatic carbocycles. The summed E-state index contributed by atoms with van der Waals surface area (Å²) < 4.78 is 6.98. The van der Waals surface area contributed by atoms with Crippen molar-refractivity contribution in [2.45, 2.75) is 26.8 Å². The molecule has 6 nitrogen and oxygen atoms in total. The molecule has 30 heavy (non-hydrogen) atoms. The van der Waals surface area contributed by atoms with Crippen molar-refractivity contribution in [1.29, 1.82) is 0 Å². The summed E-state index contributed by atoms with van der Waals surface area (Å²) in [6.45, 7) is 4.83. The highest BCUT2D eigenvalue weighted by Gasteiger charge is 2.31. The summed E-state index contributed by atoms with van der Waals surface area (Å²) in [5.41, 5.74) is 4.38. The zero-order chi connectivity index (χ0) is 21.3. The molecule has 1 aliphatic heterocycles. The van der Waals surface area contributed by atoms with Crippen LogP contribution in [0.25, 0.3) is 5.69 Å². The van der Waals surface area contributed by atoms with Crippen LogP contribution in [0.15, 0.2) is 48.5 Å². The van der Waals surface area contributed by atoms with Crippen LogP contribution < -0.4 is 0 Å². The minimum Gasteiger partial charge on any atom is -0.461 e. The van der Waals surface area contributed by atoms with Crippen molar-refractivity contribution in [3.63, 3.8) is 0 Å². The summed E-state index contributed by atoms with van der Waals surface area (Å²) in [6.07, 6.45) is 0.585. The third-order valence-corrected chi connectivity index (χ3v) is 5.40. The first-order valence-corrected chi connectivity index (χ1v) is 10.3. The number of aromatic nitrogens is 2. The zero-order valence-corrected chi connectivity index (χ0v) is 17.6. The van der Waals surface area contributed by atoms with Crippen molar-refractivity contribution >= 4 is 23.5 Å². The SMILES string of the molecule is CCOC(=O)c1nn(-c2ccc(Cl)cc2)c2c1CN(C(=O)c1cccc(C)c1)CC2. The Hall–Kier alpha value is -3.12. The highest BCUT2D eigenvalue weighted by Crippen LogP contribution is 2.27. The average molecular weight is 424 g/mol. The molecular formula is C23H22ClN3O3. The summed E-state index contributed by atoms with van der Waals surface area (Å²) >= 11 is 6.01. The number of halogens is 1. The van der Waals surface area contributed by atoms with Gasteiger partial charge in [0, 0.05) is 29.1 Å². The monoisotopic (exact) mass is 423 g/mol. The maximum Gasteiger partial charge on any atom is 0.359 e. The maximum absolute atomic E-state index is 13.1. The highest BCUT2D eigenvalue weighted by atomic mass is 35.5. The van der Waals surface area contributed by atoms with Crippen LogP contribution in [0.2, 0.25) is 5.02 Å². The molecule has 2 heterocycles. The summed E-state index contributed by atoms with van der Waals surface area (Å²) in [5.74, 6) is -0.537. The largest absolute Gasteiger partial charge is 0.461 e. The predicted octanol–water partition coefficient (Wildman–Crippen LogP) is 4.21. The number of carbonyl (C=O) groups excluding carboxylic acids is 2. The second-order valence-corrected chi connectivity index (χ2v) is 7.67. The fraction of sp³-hybridized carbons (Fsp3) is 0.261. The lowest BCUT2D eigenvalue weighted by Gasteiger charge is -2.28. The molecule has 1 aliphatic rings. The maximum atomic E-state index is 13.1. The van der Waals surface area contributed by atoms with Gasteiger partial charge in [0.05, 0.1) is 24.5 Å². The quantitative estimate of drug-likeness (QED) is 0.589. The third kappa shape index (κ3) is 3.83. The van der Waals surface area contributed by atoms with Crippen LogP contribution in [0.1, 0.15) is 44.6 Å². The van der Waals surface area contributed by atoms with Gasteiger partial charge in [-0.15, -0.1) is 0 Å². The summed E-state index contributed by atoms with van der Waals surface area (Å²) in [4.78, 5) is 27.4. The Bertz CT molecular complexity index is 1110. The lowest BCUT2D eigenvalue weighted by atomic mass is 10.0. The second-order valence-electron chi connectivity index (χ2n) is 7.23. The van der Waals surface area contributed by atoms with Crippen LogP contribution in [-0.2, 0) is 17.7 Å². The van der Waals surface area contributed by atoms with E-state index in [2.05, 4.69) is 5.10 Å². The molecule has 0 atom stereocenters. The molecule has 154 valence electrons. The van der Waals surface area contributed by atoms with E-state index in [1.807, 2.05) is 43.3 Å². The highest BCUT2D eigenvalue weighted by molar-refractivity contribution is 6.30. The Morgan fingerprint density at radius 3 is 2.63 bits per heavy atom.